The zero-order valence-corrected chi connectivity index (χ0v) is 14.4. The van der Waals surface area contributed by atoms with Crippen LogP contribution in [0.1, 0.15) is 44.9 Å². The second-order valence-corrected chi connectivity index (χ2v) is 7.72. The molecule has 0 radical (unpaired) electrons. The van der Waals surface area contributed by atoms with Gasteiger partial charge in [-0.3, -0.25) is 4.79 Å². The van der Waals surface area contributed by atoms with Crippen LogP contribution in [0.15, 0.2) is 12.4 Å². The van der Waals surface area contributed by atoms with E-state index in [9.17, 15) is 14.3 Å². The molecule has 6 nitrogen and oxygen atoms in total. The van der Waals surface area contributed by atoms with E-state index in [1.54, 1.807) is 0 Å². The van der Waals surface area contributed by atoms with Crippen molar-refractivity contribution in [1.29, 1.82) is 0 Å². The van der Waals surface area contributed by atoms with Crippen molar-refractivity contribution in [3.05, 3.63) is 18.2 Å². The van der Waals surface area contributed by atoms with Gasteiger partial charge >= 0.3 is 0 Å². The molecule has 2 saturated heterocycles. The molecule has 1 aromatic heterocycles. The number of rotatable bonds is 2. The van der Waals surface area contributed by atoms with Crippen molar-refractivity contribution in [2.75, 3.05) is 24.5 Å². The average Bonchev–Trinajstić information content (AvgIpc) is 2.93. The number of anilines is 1. The van der Waals surface area contributed by atoms with Crippen LogP contribution in [0.3, 0.4) is 0 Å². The van der Waals surface area contributed by atoms with E-state index >= 15 is 0 Å². The highest BCUT2D eigenvalue weighted by molar-refractivity contribution is 5.86. The summed E-state index contributed by atoms with van der Waals surface area (Å²) in [5.41, 5.74) is -0.355. The van der Waals surface area contributed by atoms with Crippen LogP contribution in [0, 0.1) is 11.2 Å². The van der Waals surface area contributed by atoms with Crippen LogP contribution in [-0.4, -0.2) is 57.7 Å². The Kier molecular flexibility index (Phi) is 4.35. The monoisotopic (exact) mass is 348 g/mol. The Labute approximate surface area is 147 Å². The van der Waals surface area contributed by atoms with E-state index in [0.29, 0.717) is 12.5 Å². The lowest BCUT2D eigenvalue weighted by molar-refractivity contribution is -0.139. The van der Waals surface area contributed by atoms with Crippen molar-refractivity contribution >= 4 is 11.9 Å². The largest absolute Gasteiger partial charge is 0.393 e. The van der Waals surface area contributed by atoms with Gasteiger partial charge in [-0.2, -0.15) is 0 Å². The number of nitrogens with zero attached hydrogens (tertiary/aromatic N) is 4. The van der Waals surface area contributed by atoms with Crippen molar-refractivity contribution in [1.82, 2.24) is 14.9 Å². The number of aliphatic hydroxyl groups is 1. The lowest BCUT2D eigenvalue weighted by Crippen LogP contribution is -2.50. The summed E-state index contributed by atoms with van der Waals surface area (Å²) < 4.78 is 13.1. The maximum Gasteiger partial charge on any atom is 0.230 e. The van der Waals surface area contributed by atoms with E-state index in [1.807, 2.05) is 4.90 Å². The Morgan fingerprint density at radius 3 is 2.56 bits per heavy atom. The zero-order chi connectivity index (χ0) is 17.4. The molecule has 3 fully saturated rings. The Bertz CT molecular complexity index is 632. The molecule has 25 heavy (non-hydrogen) atoms. The lowest BCUT2D eigenvalue weighted by atomic mass is 9.78. The van der Waals surface area contributed by atoms with Gasteiger partial charge in [0.2, 0.25) is 11.9 Å². The van der Waals surface area contributed by atoms with Crippen molar-refractivity contribution in [3.63, 3.8) is 0 Å². The van der Waals surface area contributed by atoms with Gasteiger partial charge in [-0.1, -0.05) is 0 Å². The molecule has 1 aliphatic carbocycles. The highest BCUT2D eigenvalue weighted by atomic mass is 19.1. The summed E-state index contributed by atoms with van der Waals surface area (Å²) >= 11 is 0. The number of amides is 1. The minimum atomic E-state index is -0.446. The standard InChI is InChI=1S/C18H25FN4O2/c19-13-10-20-17(21-11-13)22-8-1-6-18(12-22)7-9-23(16(18)25)14-2-4-15(24)5-3-14/h10-11,14-15,24H,1-9,12H2/t14-,15+,18-/m0/s1. The van der Waals surface area contributed by atoms with Gasteiger partial charge in [0.25, 0.3) is 0 Å². The molecule has 3 heterocycles. The van der Waals surface area contributed by atoms with E-state index < -0.39 is 5.82 Å². The van der Waals surface area contributed by atoms with Gasteiger partial charge in [-0.05, 0) is 44.9 Å². The molecule has 1 aromatic rings. The summed E-state index contributed by atoms with van der Waals surface area (Å²) in [4.78, 5) is 25.5. The normalized spacial score (nSPS) is 33.3. The molecule has 7 heteroatoms. The summed E-state index contributed by atoms with van der Waals surface area (Å²) in [6.07, 6.45) is 8.21. The molecular formula is C18H25FN4O2. The maximum absolute atomic E-state index is 13.2. The fourth-order valence-corrected chi connectivity index (χ4v) is 4.72. The molecule has 3 aliphatic rings. The molecule has 0 unspecified atom stereocenters. The Morgan fingerprint density at radius 2 is 1.84 bits per heavy atom. The minimum Gasteiger partial charge on any atom is -0.393 e. The fourth-order valence-electron chi connectivity index (χ4n) is 4.72. The quantitative estimate of drug-likeness (QED) is 0.882. The molecule has 0 aromatic carbocycles. The first-order chi connectivity index (χ1) is 12.1. The van der Waals surface area contributed by atoms with Crippen LogP contribution in [0.5, 0.6) is 0 Å². The van der Waals surface area contributed by atoms with Gasteiger partial charge < -0.3 is 14.9 Å². The molecule has 0 bridgehead atoms. The third-order valence-electron chi connectivity index (χ3n) is 6.12. The fraction of sp³-hybridized carbons (Fsp3) is 0.722. The molecule has 136 valence electrons. The summed E-state index contributed by atoms with van der Waals surface area (Å²) in [5, 5.41) is 9.71. The summed E-state index contributed by atoms with van der Waals surface area (Å²) in [5.74, 6) is 0.311. The average molecular weight is 348 g/mol. The van der Waals surface area contributed by atoms with Crippen LogP contribution in [-0.2, 0) is 4.79 Å². The molecule has 2 aliphatic heterocycles. The number of carbonyl (C=O) groups excluding carboxylic acids is 1. The maximum atomic E-state index is 13.2. The number of aliphatic hydroxyl groups excluding tert-OH is 1. The van der Waals surface area contributed by atoms with Gasteiger partial charge in [0.15, 0.2) is 5.82 Å². The number of aromatic nitrogens is 2. The lowest BCUT2D eigenvalue weighted by Gasteiger charge is -2.40. The van der Waals surface area contributed by atoms with E-state index in [1.165, 1.54) is 12.4 Å². The molecule has 1 amide bonds. The molecular weight excluding hydrogens is 323 g/mol. The first-order valence-corrected chi connectivity index (χ1v) is 9.29. The third kappa shape index (κ3) is 3.10. The SMILES string of the molecule is O=C1N([C@H]2CC[C@@H](O)CC2)CC[C@]12CCCN(c1ncc(F)cn1)C2. The van der Waals surface area contributed by atoms with Gasteiger partial charge in [0.05, 0.1) is 23.9 Å². The van der Waals surface area contributed by atoms with E-state index in [-0.39, 0.29) is 23.5 Å². The highest BCUT2D eigenvalue weighted by Gasteiger charge is 2.50. The molecule has 1 spiro atoms. The summed E-state index contributed by atoms with van der Waals surface area (Å²) in [7, 11) is 0. The highest BCUT2D eigenvalue weighted by Crippen LogP contribution is 2.43. The van der Waals surface area contributed by atoms with Crippen molar-refractivity contribution in [2.45, 2.75) is 57.1 Å². The van der Waals surface area contributed by atoms with E-state index in [2.05, 4.69) is 14.9 Å². The second-order valence-electron chi connectivity index (χ2n) is 7.72. The zero-order valence-electron chi connectivity index (χ0n) is 14.4. The van der Waals surface area contributed by atoms with Crippen LogP contribution in [0.25, 0.3) is 0 Å². The van der Waals surface area contributed by atoms with Crippen LogP contribution in [0.4, 0.5) is 10.3 Å². The van der Waals surface area contributed by atoms with Gasteiger partial charge in [-0.25, -0.2) is 14.4 Å². The van der Waals surface area contributed by atoms with Gasteiger partial charge in [-0.15, -0.1) is 0 Å². The smallest absolute Gasteiger partial charge is 0.230 e. The van der Waals surface area contributed by atoms with E-state index in [0.717, 1.165) is 58.0 Å². The summed E-state index contributed by atoms with van der Waals surface area (Å²) in [6.45, 7) is 2.22. The van der Waals surface area contributed by atoms with Crippen LogP contribution < -0.4 is 4.90 Å². The predicted octanol–water partition coefficient (Wildman–Crippen LogP) is 1.74. The topological polar surface area (TPSA) is 69.6 Å². The van der Waals surface area contributed by atoms with Gasteiger partial charge in [0.1, 0.15) is 0 Å². The Hall–Kier alpha value is -1.76. The Morgan fingerprint density at radius 1 is 1.12 bits per heavy atom. The summed E-state index contributed by atoms with van der Waals surface area (Å²) in [6, 6.07) is 0.271. The second kappa shape index (κ2) is 6.52. The number of hydrogen-bond donors (Lipinski definition) is 1. The number of halogens is 1. The minimum absolute atomic E-state index is 0.205. The Balaban J connectivity index is 1.48. The van der Waals surface area contributed by atoms with Gasteiger partial charge in [0, 0.05) is 25.7 Å². The van der Waals surface area contributed by atoms with Crippen LogP contribution >= 0.6 is 0 Å². The number of hydrogen-bond acceptors (Lipinski definition) is 5. The first kappa shape index (κ1) is 16.7. The number of likely N-dealkylation sites (tertiary alicyclic amines) is 1. The van der Waals surface area contributed by atoms with Crippen molar-refractivity contribution in [3.8, 4) is 0 Å². The first-order valence-electron chi connectivity index (χ1n) is 9.29. The molecule has 1 atom stereocenters. The third-order valence-corrected chi connectivity index (χ3v) is 6.12. The molecule has 1 saturated carbocycles. The van der Waals surface area contributed by atoms with Crippen LogP contribution in [0.2, 0.25) is 0 Å². The van der Waals surface area contributed by atoms with E-state index in [4.69, 9.17) is 0 Å². The number of carbonyl (C=O) groups is 1. The number of piperidine rings is 1. The van der Waals surface area contributed by atoms with Crippen molar-refractivity contribution < 1.29 is 14.3 Å². The molecule has 4 rings (SSSR count). The predicted molar refractivity (Wildman–Crippen MR) is 90.5 cm³/mol. The molecule has 1 N–H and O–H groups in total. The van der Waals surface area contributed by atoms with Crippen molar-refractivity contribution in [2.24, 2.45) is 5.41 Å².